The fourth-order valence-corrected chi connectivity index (χ4v) is 5.64. The van der Waals surface area contributed by atoms with Crippen LogP contribution in [0.15, 0.2) is 36.4 Å². The van der Waals surface area contributed by atoms with Crippen LogP contribution in [0.2, 0.25) is 10.0 Å². The molecule has 3 amide bonds. The van der Waals surface area contributed by atoms with Gasteiger partial charge in [-0.15, -0.1) is 0 Å². The molecule has 2 aliphatic rings. The average Bonchev–Trinajstić information content (AvgIpc) is 3.30. The number of carbonyl (C=O) groups is 3. The molecular formula is C30H39Cl2N5O3. The summed E-state index contributed by atoms with van der Waals surface area (Å²) in [6, 6.07) is 10.5. The fourth-order valence-electron chi connectivity index (χ4n) is 5.15. The Morgan fingerprint density at radius 1 is 0.850 bits per heavy atom. The molecule has 0 aromatic heterocycles. The van der Waals surface area contributed by atoms with Crippen LogP contribution in [0.5, 0.6) is 0 Å². The Morgan fingerprint density at radius 3 is 2.35 bits per heavy atom. The van der Waals surface area contributed by atoms with Gasteiger partial charge in [-0.1, -0.05) is 44.0 Å². The van der Waals surface area contributed by atoms with Crippen molar-refractivity contribution in [1.82, 2.24) is 15.1 Å². The standard InChI is InChI=1S/C30H39Cl2N5O3/c1-30(2,3)20-27(38)34-25-18-21(28(39)36-12-4-10-33-11-15-36)6-9-26(25)35-13-5-14-37(17-16-35)29(40)23-8-7-22(31)19-24(23)32/h6-9,18-19,33H,4-5,10-17,20H2,1-3H3,(H,34,38). The van der Waals surface area contributed by atoms with Gasteiger partial charge in [0, 0.05) is 62.8 Å². The Bertz CT molecular complexity index is 1240. The zero-order chi connectivity index (χ0) is 28.9. The first-order chi connectivity index (χ1) is 19.0. The van der Waals surface area contributed by atoms with E-state index < -0.39 is 0 Å². The monoisotopic (exact) mass is 587 g/mol. The molecule has 8 nitrogen and oxygen atoms in total. The Hall–Kier alpha value is -2.81. The summed E-state index contributed by atoms with van der Waals surface area (Å²) in [6.07, 6.45) is 2.00. The van der Waals surface area contributed by atoms with E-state index in [1.807, 2.05) is 37.8 Å². The first kappa shape index (κ1) is 30.2. The number of nitrogens with zero attached hydrogens (tertiary/aromatic N) is 3. The third-order valence-corrected chi connectivity index (χ3v) is 7.67. The molecule has 0 unspecified atom stereocenters. The number of halogens is 2. The van der Waals surface area contributed by atoms with Crippen molar-refractivity contribution in [3.8, 4) is 0 Å². The lowest BCUT2D eigenvalue weighted by atomic mass is 9.92. The van der Waals surface area contributed by atoms with Crippen LogP contribution in [0.3, 0.4) is 0 Å². The van der Waals surface area contributed by atoms with Gasteiger partial charge < -0.3 is 25.3 Å². The first-order valence-electron chi connectivity index (χ1n) is 13.9. The molecular weight excluding hydrogens is 549 g/mol. The van der Waals surface area contributed by atoms with Crippen molar-refractivity contribution in [2.75, 3.05) is 62.6 Å². The minimum atomic E-state index is -0.177. The van der Waals surface area contributed by atoms with E-state index >= 15 is 0 Å². The summed E-state index contributed by atoms with van der Waals surface area (Å²) in [5.41, 5.74) is 2.27. The summed E-state index contributed by atoms with van der Waals surface area (Å²) >= 11 is 12.3. The SMILES string of the molecule is CC(C)(C)CC(=O)Nc1cc(C(=O)N2CCCNCC2)ccc1N1CCCN(C(=O)c2ccc(Cl)cc2Cl)CC1. The van der Waals surface area contributed by atoms with Crippen molar-refractivity contribution in [2.24, 2.45) is 5.41 Å². The van der Waals surface area contributed by atoms with Crippen molar-refractivity contribution in [3.63, 3.8) is 0 Å². The largest absolute Gasteiger partial charge is 0.368 e. The Balaban J connectivity index is 1.56. The molecule has 0 atom stereocenters. The second kappa shape index (κ2) is 13.2. The molecule has 0 spiro atoms. The summed E-state index contributed by atoms with van der Waals surface area (Å²) in [5, 5.41) is 7.24. The fraction of sp³-hybridized carbons (Fsp3) is 0.500. The van der Waals surface area contributed by atoms with E-state index in [9.17, 15) is 14.4 Å². The maximum atomic E-state index is 13.4. The molecule has 40 heavy (non-hydrogen) atoms. The number of carbonyl (C=O) groups excluding carboxylic acids is 3. The Morgan fingerprint density at radius 2 is 1.60 bits per heavy atom. The lowest BCUT2D eigenvalue weighted by Crippen LogP contribution is -2.36. The number of rotatable bonds is 5. The van der Waals surface area contributed by atoms with Gasteiger partial charge in [-0.2, -0.15) is 0 Å². The highest BCUT2D eigenvalue weighted by Crippen LogP contribution is 2.31. The third kappa shape index (κ3) is 7.89. The summed E-state index contributed by atoms with van der Waals surface area (Å²) in [7, 11) is 0. The molecule has 2 heterocycles. The van der Waals surface area contributed by atoms with Gasteiger partial charge in [-0.25, -0.2) is 0 Å². The van der Waals surface area contributed by atoms with Gasteiger partial charge in [0.1, 0.15) is 0 Å². The van der Waals surface area contributed by atoms with Gasteiger partial charge in [0.2, 0.25) is 5.91 Å². The van der Waals surface area contributed by atoms with Crippen LogP contribution in [0, 0.1) is 5.41 Å². The van der Waals surface area contributed by atoms with Crippen molar-refractivity contribution in [2.45, 2.75) is 40.0 Å². The Labute approximate surface area is 247 Å². The molecule has 2 aromatic carbocycles. The van der Waals surface area contributed by atoms with E-state index in [0.29, 0.717) is 72.5 Å². The van der Waals surface area contributed by atoms with E-state index in [4.69, 9.17) is 23.2 Å². The van der Waals surface area contributed by atoms with E-state index in [1.54, 1.807) is 29.2 Å². The number of hydrogen-bond acceptors (Lipinski definition) is 5. The van der Waals surface area contributed by atoms with E-state index in [1.165, 1.54) is 0 Å². The van der Waals surface area contributed by atoms with E-state index in [2.05, 4.69) is 15.5 Å². The molecule has 2 aliphatic heterocycles. The van der Waals surface area contributed by atoms with Crippen molar-refractivity contribution < 1.29 is 14.4 Å². The predicted octanol–water partition coefficient (Wildman–Crippen LogP) is 5.16. The van der Waals surface area contributed by atoms with Crippen LogP contribution >= 0.6 is 23.2 Å². The number of benzene rings is 2. The molecule has 216 valence electrons. The van der Waals surface area contributed by atoms with Crippen LogP contribution in [-0.2, 0) is 4.79 Å². The quantitative estimate of drug-likeness (QED) is 0.505. The normalized spacial score (nSPS) is 16.8. The molecule has 2 aromatic rings. The van der Waals surface area contributed by atoms with Crippen LogP contribution in [0.25, 0.3) is 0 Å². The zero-order valence-electron chi connectivity index (χ0n) is 23.6. The molecule has 2 saturated heterocycles. The second-order valence-electron chi connectivity index (χ2n) is 11.7. The predicted molar refractivity (Wildman–Crippen MR) is 162 cm³/mol. The number of nitrogens with one attached hydrogen (secondary N) is 2. The molecule has 0 bridgehead atoms. The molecule has 10 heteroatoms. The van der Waals surface area contributed by atoms with E-state index in [-0.39, 0.29) is 23.1 Å². The molecule has 0 saturated carbocycles. The zero-order valence-corrected chi connectivity index (χ0v) is 25.1. The molecule has 2 fully saturated rings. The van der Waals surface area contributed by atoms with Gasteiger partial charge in [-0.3, -0.25) is 14.4 Å². The average molecular weight is 589 g/mol. The van der Waals surface area contributed by atoms with Gasteiger partial charge in [0.05, 0.1) is 22.0 Å². The highest BCUT2D eigenvalue weighted by atomic mass is 35.5. The van der Waals surface area contributed by atoms with Gasteiger partial charge in [0.15, 0.2) is 0 Å². The van der Waals surface area contributed by atoms with Crippen molar-refractivity contribution in [3.05, 3.63) is 57.6 Å². The topological polar surface area (TPSA) is 85.0 Å². The first-order valence-corrected chi connectivity index (χ1v) is 14.7. The van der Waals surface area contributed by atoms with Crippen LogP contribution in [0.4, 0.5) is 11.4 Å². The lowest BCUT2D eigenvalue weighted by Gasteiger charge is -2.28. The smallest absolute Gasteiger partial charge is 0.255 e. The molecule has 0 aliphatic carbocycles. The Kier molecular flexibility index (Phi) is 9.98. The molecule has 2 N–H and O–H groups in total. The van der Waals surface area contributed by atoms with Crippen molar-refractivity contribution in [1.29, 1.82) is 0 Å². The highest BCUT2D eigenvalue weighted by molar-refractivity contribution is 6.36. The van der Waals surface area contributed by atoms with Gasteiger partial charge >= 0.3 is 0 Å². The van der Waals surface area contributed by atoms with Crippen LogP contribution in [0.1, 0.15) is 60.7 Å². The van der Waals surface area contributed by atoms with E-state index in [0.717, 1.165) is 31.6 Å². The minimum absolute atomic E-state index is 0.0333. The lowest BCUT2D eigenvalue weighted by molar-refractivity contribution is -0.117. The van der Waals surface area contributed by atoms with Crippen LogP contribution < -0.4 is 15.5 Å². The minimum Gasteiger partial charge on any atom is -0.368 e. The highest BCUT2D eigenvalue weighted by Gasteiger charge is 2.26. The maximum Gasteiger partial charge on any atom is 0.255 e. The number of hydrogen-bond donors (Lipinski definition) is 2. The molecule has 0 radical (unpaired) electrons. The summed E-state index contributed by atoms with van der Waals surface area (Å²) in [5.74, 6) is -0.259. The van der Waals surface area contributed by atoms with Crippen molar-refractivity contribution >= 4 is 52.3 Å². The number of anilines is 2. The summed E-state index contributed by atoms with van der Waals surface area (Å²) in [6.45, 7) is 11.4. The van der Waals surface area contributed by atoms with Gasteiger partial charge in [0.25, 0.3) is 11.8 Å². The second-order valence-corrected chi connectivity index (χ2v) is 12.5. The molecule has 4 rings (SSSR count). The third-order valence-electron chi connectivity index (χ3n) is 7.12. The summed E-state index contributed by atoms with van der Waals surface area (Å²) in [4.78, 5) is 45.5. The maximum absolute atomic E-state index is 13.4. The van der Waals surface area contributed by atoms with Crippen LogP contribution in [-0.4, -0.2) is 79.9 Å². The number of amides is 3. The van der Waals surface area contributed by atoms with Gasteiger partial charge in [-0.05, 0) is 61.2 Å². The summed E-state index contributed by atoms with van der Waals surface area (Å²) < 4.78 is 0.